The van der Waals surface area contributed by atoms with E-state index in [0.29, 0.717) is 15.1 Å². The van der Waals surface area contributed by atoms with Gasteiger partial charge in [-0.05, 0) is 24.1 Å². The molecule has 0 radical (unpaired) electrons. The van der Waals surface area contributed by atoms with Crippen LogP contribution in [0, 0.1) is 0 Å². The summed E-state index contributed by atoms with van der Waals surface area (Å²) >= 11 is 25.7. The van der Waals surface area contributed by atoms with Crippen molar-refractivity contribution >= 4 is 57.7 Å². The minimum Gasteiger partial charge on any atom is -0.117 e. The van der Waals surface area contributed by atoms with Crippen LogP contribution in [0.3, 0.4) is 0 Å². The Kier molecular flexibility index (Phi) is 4.62. The zero-order chi connectivity index (χ0) is 12.4. The van der Waals surface area contributed by atoms with Crippen molar-refractivity contribution in [2.75, 3.05) is 0 Å². The van der Waals surface area contributed by atoms with Gasteiger partial charge in [-0.25, -0.2) is 0 Å². The first-order valence-electron chi connectivity index (χ1n) is 4.90. The Morgan fingerprint density at radius 1 is 1.12 bits per heavy atom. The van der Waals surface area contributed by atoms with Gasteiger partial charge >= 0.3 is 0 Å². The highest BCUT2D eigenvalue weighted by molar-refractivity contribution is 7.20. The van der Waals surface area contributed by atoms with Crippen molar-refractivity contribution in [3.63, 3.8) is 0 Å². The number of hydrogen-bond acceptors (Lipinski definition) is 1. The second-order valence-corrected chi connectivity index (χ2v) is 6.76. The quantitative estimate of drug-likeness (QED) is 0.587. The fourth-order valence-electron chi connectivity index (χ4n) is 1.53. The van der Waals surface area contributed by atoms with Crippen LogP contribution in [-0.2, 0) is 6.42 Å². The van der Waals surface area contributed by atoms with Gasteiger partial charge in [-0.1, -0.05) is 53.0 Å². The van der Waals surface area contributed by atoms with Crippen LogP contribution in [0.15, 0.2) is 30.3 Å². The van der Waals surface area contributed by atoms with Crippen LogP contribution >= 0.6 is 57.7 Å². The largest absolute Gasteiger partial charge is 0.117 e. The second-order valence-electron chi connectivity index (χ2n) is 3.54. The third kappa shape index (κ3) is 3.30. The molecule has 1 aromatic carbocycles. The van der Waals surface area contributed by atoms with Gasteiger partial charge in [0.2, 0.25) is 0 Å². The van der Waals surface area contributed by atoms with Crippen molar-refractivity contribution in [2.45, 2.75) is 11.8 Å². The van der Waals surface area contributed by atoms with E-state index in [0.717, 1.165) is 16.1 Å². The summed E-state index contributed by atoms with van der Waals surface area (Å²) in [6.45, 7) is 0. The van der Waals surface area contributed by atoms with Gasteiger partial charge in [0.05, 0.1) is 14.0 Å². The lowest BCUT2D eigenvalue weighted by molar-refractivity contribution is 0.925. The summed E-state index contributed by atoms with van der Waals surface area (Å²) in [6, 6.07) is 9.45. The highest BCUT2D eigenvalue weighted by Crippen LogP contribution is 2.39. The van der Waals surface area contributed by atoms with Crippen LogP contribution in [0.1, 0.15) is 16.5 Å². The van der Waals surface area contributed by atoms with Crippen LogP contribution in [0.25, 0.3) is 0 Å². The van der Waals surface area contributed by atoms with Crippen molar-refractivity contribution in [3.05, 3.63) is 55.2 Å². The van der Waals surface area contributed by atoms with Crippen LogP contribution in [0.2, 0.25) is 13.7 Å². The van der Waals surface area contributed by atoms with Crippen LogP contribution in [-0.4, -0.2) is 0 Å². The number of thiophene rings is 1. The molecule has 0 aliphatic rings. The first kappa shape index (κ1) is 13.5. The molecule has 17 heavy (non-hydrogen) atoms. The van der Waals surface area contributed by atoms with Gasteiger partial charge in [0, 0.05) is 10.6 Å². The summed E-state index contributed by atoms with van der Waals surface area (Å²) < 4.78 is 1.29. The molecule has 0 N–H and O–H groups in total. The zero-order valence-electron chi connectivity index (χ0n) is 8.59. The average molecular weight is 326 g/mol. The van der Waals surface area contributed by atoms with E-state index in [1.165, 1.54) is 11.3 Å². The lowest BCUT2D eigenvalue weighted by atomic mass is 10.1. The minimum atomic E-state index is -0.217. The summed E-state index contributed by atoms with van der Waals surface area (Å²) in [5, 5.41) is 0.502. The van der Waals surface area contributed by atoms with Gasteiger partial charge in [0.1, 0.15) is 0 Å². The smallest absolute Gasteiger partial charge is 0.0991 e. The van der Waals surface area contributed by atoms with Gasteiger partial charge in [0.25, 0.3) is 0 Å². The summed E-state index contributed by atoms with van der Waals surface area (Å²) in [5.74, 6) is 0. The predicted molar refractivity (Wildman–Crippen MR) is 78.1 cm³/mol. The Labute approximate surface area is 124 Å². The first-order valence-corrected chi connectivity index (χ1v) is 7.29. The molecule has 2 aromatic rings. The second kappa shape index (κ2) is 5.81. The molecule has 0 spiro atoms. The third-order valence-corrected chi connectivity index (χ3v) is 4.65. The van der Waals surface area contributed by atoms with Gasteiger partial charge in [-0.3, -0.25) is 0 Å². The van der Waals surface area contributed by atoms with E-state index < -0.39 is 0 Å². The summed E-state index contributed by atoms with van der Waals surface area (Å²) in [4.78, 5) is 0. The molecule has 0 aliphatic carbocycles. The highest BCUT2D eigenvalue weighted by atomic mass is 35.5. The molecule has 2 rings (SSSR count). The maximum absolute atomic E-state index is 6.34. The third-order valence-electron chi connectivity index (χ3n) is 2.38. The maximum Gasteiger partial charge on any atom is 0.0991 e. The number of benzene rings is 1. The molecule has 0 amide bonds. The van der Waals surface area contributed by atoms with Gasteiger partial charge in [0.15, 0.2) is 0 Å². The molecule has 1 atom stereocenters. The first-order chi connectivity index (χ1) is 8.08. The van der Waals surface area contributed by atoms with Crippen LogP contribution in [0.5, 0.6) is 0 Å². The lowest BCUT2D eigenvalue weighted by Crippen LogP contribution is -1.95. The van der Waals surface area contributed by atoms with Crippen molar-refractivity contribution in [2.24, 2.45) is 0 Å². The van der Waals surface area contributed by atoms with Crippen molar-refractivity contribution in [1.29, 1.82) is 0 Å². The molecule has 0 aliphatic heterocycles. The van der Waals surface area contributed by atoms with Gasteiger partial charge in [-0.15, -0.1) is 22.9 Å². The van der Waals surface area contributed by atoms with E-state index in [4.69, 9.17) is 46.4 Å². The fraction of sp³-hybridized carbons (Fsp3) is 0.167. The molecule has 1 heterocycles. The highest BCUT2D eigenvalue weighted by Gasteiger charge is 2.16. The fourth-order valence-corrected chi connectivity index (χ4v) is 3.78. The Morgan fingerprint density at radius 3 is 2.41 bits per heavy atom. The molecular formula is C12H8Cl4S. The molecule has 90 valence electrons. The number of alkyl halides is 1. The molecule has 0 saturated heterocycles. The number of rotatable bonds is 3. The Hall–Kier alpha value is 0.0800. The maximum atomic E-state index is 6.34. The number of halogens is 4. The zero-order valence-corrected chi connectivity index (χ0v) is 12.4. The topological polar surface area (TPSA) is 0 Å². The minimum absolute atomic E-state index is 0.217. The molecule has 1 unspecified atom stereocenters. The van der Waals surface area contributed by atoms with Crippen LogP contribution in [0.4, 0.5) is 0 Å². The molecule has 0 saturated carbocycles. The normalized spacial score (nSPS) is 12.7. The van der Waals surface area contributed by atoms with E-state index in [9.17, 15) is 0 Å². The van der Waals surface area contributed by atoms with E-state index in [1.54, 1.807) is 0 Å². The molecule has 0 nitrogen and oxygen atoms in total. The predicted octanol–water partition coefficient (Wildman–Crippen LogP) is 6.23. The Balaban J connectivity index is 2.20. The SMILES string of the molecule is Clc1cc(C(Cl)Cc2ccccc2Cl)c(Cl)s1. The molecule has 5 heteroatoms. The van der Waals surface area contributed by atoms with Crippen molar-refractivity contribution in [1.82, 2.24) is 0 Å². The van der Waals surface area contributed by atoms with E-state index >= 15 is 0 Å². The monoisotopic (exact) mass is 324 g/mol. The molecular weight excluding hydrogens is 318 g/mol. The van der Waals surface area contributed by atoms with Gasteiger partial charge in [-0.2, -0.15) is 0 Å². The van der Waals surface area contributed by atoms with E-state index in [2.05, 4.69) is 0 Å². The summed E-state index contributed by atoms with van der Waals surface area (Å²) in [6.07, 6.45) is 0.633. The van der Waals surface area contributed by atoms with Gasteiger partial charge < -0.3 is 0 Å². The molecule has 0 bridgehead atoms. The summed E-state index contributed by atoms with van der Waals surface area (Å²) in [5.41, 5.74) is 1.87. The average Bonchev–Trinajstić information content (AvgIpc) is 2.61. The lowest BCUT2D eigenvalue weighted by Gasteiger charge is -2.09. The Morgan fingerprint density at radius 2 is 1.82 bits per heavy atom. The summed E-state index contributed by atoms with van der Waals surface area (Å²) in [7, 11) is 0. The number of hydrogen-bond donors (Lipinski definition) is 0. The van der Waals surface area contributed by atoms with E-state index in [1.807, 2.05) is 30.3 Å². The Bertz CT molecular complexity index is 521. The van der Waals surface area contributed by atoms with E-state index in [-0.39, 0.29) is 5.38 Å². The standard InChI is InChI=1S/C12H8Cl4S/c13-9-4-2-1-3-7(9)5-10(14)8-6-11(15)17-12(8)16/h1-4,6,10H,5H2. The molecule has 1 aromatic heterocycles. The van der Waals surface area contributed by atoms with Crippen LogP contribution < -0.4 is 0 Å². The molecule has 0 fully saturated rings. The van der Waals surface area contributed by atoms with Crippen molar-refractivity contribution < 1.29 is 0 Å². The van der Waals surface area contributed by atoms with Crippen molar-refractivity contribution in [3.8, 4) is 0 Å².